The maximum absolute atomic E-state index is 9.94. The number of nitriles is 1. The fourth-order valence-electron chi connectivity index (χ4n) is 2.89. The third kappa shape index (κ3) is 4.73. The summed E-state index contributed by atoms with van der Waals surface area (Å²) < 4.78 is 5.52. The van der Waals surface area contributed by atoms with E-state index in [1.54, 1.807) is 18.2 Å². The normalized spacial score (nSPS) is 22.7. The van der Waals surface area contributed by atoms with E-state index >= 15 is 0 Å². The molecule has 0 aliphatic heterocycles. The number of ether oxygens (including phenoxy) is 1. The van der Waals surface area contributed by atoms with Gasteiger partial charge in [0.2, 0.25) is 0 Å². The average Bonchev–Trinajstić information content (AvgIpc) is 2.91. The molecule has 0 amide bonds. The Morgan fingerprint density at radius 1 is 1.43 bits per heavy atom. The molecule has 0 spiro atoms. The second kappa shape index (κ2) is 8.02. The summed E-state index contributed by atoms with van der Waals surface area (Å²) in [4.78, 5) is 0. The Labute approximate surface area is 126 Å². The van der Waals surface area contributed by atoms with Crippen LogP contribution in [0.3, 0.4) is 0 Å². The van der Waals surface area contributed by atoms with Crippen molar-refractivity contribution in [3.05, 3.63) is 29.8 Å². The maximum atomic E-state index is 9.94. The Bertz CT molecular complexity index is 484. The Balaban J connectivity index is 1.68. The van der Waals surface area contributed by atoms with Gasteiger partial charge in [-0.05, 0) is 36.9 Å². The largest absolute Gasteiger partial charge is 0.489 e. The first-order valence-electron chi connectivity index (χ1n) is 7.71. The lowest BCUT2D eigenvalue weighted by Gasteiger charge is -2.18. The molecular formula is C17H24N2O2. The van der Waals surface area contributed by atoms with Gasteiger partial charge in [0.25, 0.3) is 0 Å². The molecule has 1 saturated carbocycles. The van der Waals surface area contributed by atoms with E-state index in [1.807, 2.05) is 6.07 Å². The summed E-state index contributed by atoms with van der Waals surface area (Å²) in [5.74, 6) is 2.05. The van der Waals surface area contributed by atoms with Gasteiger partial charge in [-0.1, -0.05) is 31.9 Å². The summed E-state index contributed by atoms with van der Waals surface area (Å²) in [5.41, 5.74) is 0.498. The summed E-state index contributed by atoms with van der Waals surface area (Å²) in [6.07, 6.45) is 3.37. The van der Waals surface area contributed by atoms with Gasteiger partial charge >= 0.3 is 0 Å². The first kappa shape index (κ1) is 15.8. The van der Waals surface area contributed by atoms with Crippen LogP contribution in [0, 0.1) is 23.2 Å². The van der Waals surface area contributed by atoms with Crippen molar-refractivity contribution in [2.45, 2.75) is 32.3 Å². The number of benzene rings is 1. The van der Waals surface area contributed by atoms with E-state index in [0.29, 0.717) is 17.9 Å². The highest BCUT2D eigenvalue weighted by Gasteiger charge is 2.22. The summed E-state index contributed by atoms with van der Waals surface area (Å²) in [6, 6.07) is 9.16. The third-order valence-corrected chi connectivity index (χ3v) is 4.26. The average molecular weight is 288 g/mol. The molecule has 21 heavy (non-hydrogen) atoms. The summed E-state index contributed by atoms with van der Waals surface area (Å²) in [7, 11) is 0. The molecule has 1 aromatic rings. The lowest BCUT2D eigenvalue weighted by atomic mass is 9.98. The number of hydrogen-bond acceptors (Lipinski definition) is 4. The van der Waals surface area contributed by atoms with Crippen LogP contribution in [0.1, 0.15) is 31.7 Å². The van der Waals surface area contributed by atoms with Crippen LogP contribution < -0.4 is 10.1 Å². The number of nitrogens with one attached hydrogen (secondary N) is 1. The summed E-state index contributed by atoms with van der Waals surface area (Å²) >= 11 is 0. The van der Waals surface area contributed by atoms with Gasteiger partial charge in [0, 0.05) is 6.54 Å². The van der Waals surface area contributed by atoms with Crippen molar-refractivity contribution in [1.82, 2.24) is 5.32 Å². The molecule has 2 N–H and O–H groups in total. The van der Waals surface area contributed by atoms with Crippen molar-refractivity contribution in [1.29, 1.82) is 5.26 Å². The molecule has 1 aliphatic rings. The molecule has 1 aromatic carbocycles. The van der Waals surface area contributed by atoms with E-state index in [4.69, 9.17) is 10.00 Å². The molecule has 2 rings (SSSR count). The monoisotopic (exact) mass is 288 g/mol. The highest BCUT2D eigenvalue weighted by atomic mass is 16.5. The smallest absolute Gasteiger partial charge is 0.137 e. The van der Waals surface area contributed by atoms with Crippen LogP contribution in [0.2, 0.25) is 0 Å². The maximum Gasteiger partial charge on any atom is 0.137 e. The molecule has 3 atom stereocenters. The Morgan fingerprint density at radius 2 is 2.24 bits per heavy atom. The van der Waals surface area contributed by atoms with E-state index < -0.39 is 6.10 Å². The van der Waals surface area contributed by atoms with Crippen LogP contribution in [0.5, 0.6) is 5.75 Å². The van der Waals surface area contributed by atoms with Gasteiger partial charge in [-0.3, -0.25) is 0 Å². The van der Waals surface area contributed by atoms with Crippen molar-refractivity contribution in [2.75, 3.05) is 19.7 Å². The van der Waals surface area contributed by atoms with Gasteiger partial charge in [-0.2, -0.15) is 5.26 Å². The van der Waals surface area contributed by atoms with Gasteiger partial charge in [0.1, 0.15) is 24.5 Å². The van der Waals surface area contributed by atoms with Crippen LogP contribution >= 0.6 is 0 Å². The SMILES string of the molecule is CC1CCCC1CNCC(O)COc1ccccc1C#N. The molecule has 0 heterocycles. The quantitative estimate of drug-likeness (QED) is 0.808. The van der Waals surface area contributed by atoms with Crippen LogP contribution in [0.4, 0.5) is 0 Å². The highest BCUT2D eigenvalue weighted by molar-refractivity contribution is 5.42. The van der Waals surface area contributed by atoms with Crippen molar-refractivity contribution in [3.63, 3.8) is 0 Å². The number of aliphatic hydroxyl groups excluding tert-OH is 1. The minimum Gasteiger partial charge on any atom is -0.489 e. The lowest BCUT2D eigenvalue weighted by molar-refractivity contribution is 0.105. The Kier molecular flexibility index (Phi) is 6.04. The zero-order valence-corrected chi connectivity index (χ0v) is 12.6. The van der Waals surface area contributed by atoms with Crippen molar-refractivity contribution < 1.29 is 9.84 Å². The topological polar surface area (TPSA) is 65.3 Å². The van der Waals surface area contributed by atoms with E-state index in [-0.39, 0.29) is 6.61 Å². The molecule has 1 fully saturated rings. The third-order valence-electron chi connectivity index (χ3n) is 4.26. The first-order valence-corrected chi connectivity index (χ1v) is 7.71. The standard InChI is InChI=1S/C17H24N2O2/c1-13-5-4-7-15(13)10-19-11-16(20)12-21-17-8-3-2-6-14(17)9-18/h2-3,6,8,13,15-16,19-20H,4-5,7,10-12H2,1H3. The summed E-state index contributed by atoms with van der Waals surface area (Å²) in [5, 5.41) is 22.2. The molecule has 114 valence electrons. The van der Waals surface area contributed by atoms with E-state index in [2.05, 4.69) is 18.3 Å². The number of aliphatic hydroxyl groups is 1. The molecule has 0 saturated heterocycles. The molecule has 0 radical (unpaired) electrons. The molecule has 4 nitrogen and oxygen atoms in total. The Hall–Kier alpha value is -1.57. The molecule has 3 unspecified atom stereocenters. The zero-order chi connectivity index (χ0) is 15.1. The van der Waals surface area contributed by atoms with Gasteiger partial charge in [0.15, 0.2) is 0 Å². The molecule has 0 bridgehead atoms. The molecule has 4 heteroatoms. The fourth-order valence-corrected chi connectivity index (χ4v) is 2.89. The molecule has 1 aliphatic carbocycles. The number of rotatable bonds is 7. The lowest BCUT2D eigenvalue weighted by Crippen LogP contribution is -2.34. The minimum absolute atomic E-state index is 0.200. The van der Waals surface area contributed by atoms with E-state index in [0.717, 1.165) is 18.4 Å². The predicted molar refractivity (Wildman–Crippen MR) is 82.0 cm³/mol. The second-order valence-corrected chi connectivity index (χ2v) is 5.90. The molecule has 0 aromatic heterocycles. The predicted octanol–water partition coefficient (Wildman–Crippen LogP) is 2.32. The fraction of sp³-hybridized carbons (Fsp3) is 0.588. The zero-order valence-electron chi connectivity index (χ0n) is 12.6. The molecular weight excluding hydrogens is 264 g/mol. The summed E-state index contributed by atoms with van der Waals surface area (Å²) in [6.45, 7) is 3.99. The van der Waals surface area contributed by atoms with E-state index in [9.17, 15) is 5.11 Å². The second-order valence-electron chi connectivity index (χ2n) is 5.90. The van der Waals surface area contributed by atoms with Crippen LogP contribution in [0.15, 0.2) is 24.3 Å². The number of hydrogen-bond donors (Lipinski definition) is 2. The number of nitrogens with zero attached hydrogens (tertiary/aromatic N) is 1. The highest BCUT2D eigenvalue weighted by Crippen LogP contribution is 2.30. The van der Waals surface area contributed by atoms with Crippen molar-refractivity contribution in [3.8, 4) is 11.8 Å². The first-order chi connectivity index (χ1) is 10.2. The van der Waals surface area contributed by atoms with Crippen molar-refractivity contribution in [2.24, 2.45) is 11.8 Å². The van der Waals surface area contributed by atoms with Gasteiger partial charge in [-0.15, -0.1) is 0 Å². The van der Waals surface area contributed by atoms with Crippen LogP contribution in [-0.2, 0) is 0 Å². The van der Waals surface area contributed by atoms with Crippen LogP contribution in [0.25, 0.3) is 0 Å². The van der Waals surface area contributed by atoms with E-state index in [1.165, 1.54) is 19.3 Å². The number of para-hydroxylation sites is 1. The van der Waals surface area contributed by atoms with Gasteiger partial charge < -0.3 is 15.2 Å². The van der Waals surface area contributed by atoms with Crippen LogP contribution in [-0.4, -0.2) is 30.9 Å². The van der Waals surface area contributed by atoms with Crippen molar-refractivity contribution >= 4 is 0 Å². The van der Waals surface area contributed by atoms with Gasteiger partial charge in [-0.25, -0.2) is 0 Å². The Morgan fingerprint density at radius 3 is 2.95 bits per heavy atom. The van der Waals surface area contributed by atoms with Gasteiger partial charge in [0.05, 0.1) is 5.56 Å². The minimum atomic E-state index is -0.562.